The maximum Gasteiger partial charge on any atom is 0.0891 e. The summed E-state index contributed by atoms with van der Waals surface area (Å²) in [5.41, 5.74) is 2.85. The Morgan fingerprint density at radius 1 is 1.35 bits per heavy atom. The molecule has 1 aliphatic heterocycles. The van der Waals surface area contributed by atoms with Crippen LogP contribution in [0.5, 0.6) is 0 Å². The summed E-state index contributed by atoms with van der Waals surface area (Å²) in [5.74, 6) is 6.41. The monoisotopic (exact) mass is 244 g/mol. The third-order valence-corrected chi connectivity index (χ3v) is 3.94. The van der Waals surface area contributed by atoms with E-state index in [1.165, 1.54) is 6.42 Å². The Morgan fingerprint density at radius 3 is 2.47 bits per heavy atom. The van der Waals surface area contributed by atoms with E-state index in [1.807, 2.05) is 6.92 Å². The summed E-state index contributed by atoms with van der Waals surface area (Å²) < 4.78 is 11.5. The van der Waals surface area contributed by atoms with Crippen molar-refractivity contribution in [2.75, 3.05) is 19.8 Å². The van der Waals surface area contributed by atoms with Gasteiger partial charge in [-0.25, -0.2) is 0 Å². The maximum absolute atomic E-state index is 6.05. The minimum atomic E-state index is -0.134. The zero-order valence-corrected chi connectivity index (χ0v) is 11.5. The molecule has 0 aromatic heterocycles. The van der Waals surface area contributed by atoms with E-state index >= 15 is 0 Å². The Hall–Kier alpha value is -0.160. The van der Waals surface area contributed by atoms with Crippen LogP contribution >= 0.6 is 0 Å². The fourth-order valence-electron chi connectivity index (χ4n) is 2.60. The highest BCUT2D eigenvalue weighted by Crippen LogP contribution is 2.32. The molecule has 2 atom stereocenters. The van der Waals surface area contributed by atoms with E-state index in [2.05, 4.69) is 19.3 Å². The normalized spacial score (nSPS) is 23.3. The summed E-state index contributed by atoms with van der Waals surface area (Å²) in [4.78, 5) is 0. The van der Waals surface area contributed by atoms with Gasteiger partial charge in [0.15, 0.2) is 0 Å². The number of hydrogen-bond donors (Lipinski definition) is 2. The predicted octanol–water partition coefficient (Wildman–Crippen LogP) is 1.84. The van der Waals surface area contributed by atoms with Gasteiger partial charge in [-0.15, -0.1) is 0 Å². The predicted molar refractivity (Wildman–Crippen MR) is 69.6 cm³/mol. The Bertz CT molecular complexity index is 200. The molecule has 0 spiro atoms. The lowest BCUT2D eigenvalue weighted by Gasteiger charge is -2.43. The summed E-state index contributed by atoms with van der Waals surface area (Å²) in [6.07, 6.45) is 4.11. The topological polar surface area (TPSA) is 56.5 Å². The lowest BCUT2D eigenvalue weighted by atomic mass is 9.81. The van der Waals surface area contributed by atoms with E-state index in [0.29, 0.717) is 5.92 Å². The van der Waals surface area contributed by atoms with Crippen molar-refractivity contribution in [3.63, 3.8) is 0 Å². The largest absolute Gasteiger partial charge is 0.381 e. The first-order chi connectivity index (χ1) is 8.18. The SMILES string of the molecule is CCOC1(C(CC(C)CC)NN)CCOCC1. The van der Waals surface area contributed by atoms with Crippen molar-refractivity contribution in [2.24, 2.45) is 11.8 Å². The van der Waals surface area contributed by atoms with Gasteiger partial charge in [0.1, 0.15) is 0 Å². The second kappa shape index (κ2) is 7.31. The molecule has 1 heterocycles. The van der Waals surface area contributed by atoms with Crippen LogP contribution in [0.25, 0.3) is 0 Å². The quantitative estimate of drug-likeness (QED) is 0.530. The number of hydrogen-bond acceptors (Lipinski definition) is 4. The molecule has 3 N–H and O–H groups in total. The third-order valence-electron chi connectivity index (χ3n) is 3.94. The Morgan fingerprint density at radius 2 is 2.00 bits per heavy atom. The van der Waals surface area contributed by atoms with Crippen LogP contribution in [0.4, 0.5) is 0 Å². The number of hydrazine groups is 1. The zero-order chi connectivity index (χ0) is 12.7. The van der Waals surface area contributed by atoms with Crippen molar-refractivity contribution in [2.45, 2.75) is 58.1 Å². The third kappa shape index (κ3) is 3.91. The lowest BCUT2D eigenvalue weighted by molar-refractivity contribution is -0.129. The van der Waals surface area contributed by atoms with Gasteiger partial charge in [-0.2, -0.15) is 0 Å². The van der Waals surface area contributed by atoms with Crippen LogP contribution in [0.3, 0.4) is 0 Å². The highest BCUT2D eigenvalue weighted by Gasteiger charge is 2.41. The van der Waals surface area contributed by atoms with Crippen molar-refractivity contribution < 1.29 is 9.47 Å². The minimum absolute atomic E-state index is 0.134. The molecule has 1 saturated heterocycles. The van der Waals surface area contributed by atoms with Gasteiger partial charge in [-0.1, -0.05) is 20.3 Å². The number of nitrogens with one attached hydrogen (secondary N) is 1. The van der Waals surface area contributed by atoms with Crippen molar-refractivity contribution in [1.82, 2.24) is 5.43 Å². The molecular weight excluding hydrogens is 216 g/mol. The molecule has 0 saturated carbocycles. The number of rotatable bonds is 7. The Labute approximate surface area is 105 Å². The summed E-state index contributed by atoms with van der Waals surface area (Å²) in [7, 11) is 0. The average Bonchev–Trinajstić information content (AvgIpc) is 2.37. The zero-order valence-electron chi connectivity index (χ0n) is 11.5. The van der Waals surface area contributed by atoms with Gasteiger partial charge in [-0.05, 0) is 19.3 Å². The summed E-state index contributed by atoms with van der Waals surface area (Å²) in [5, 5.41) is 0. The summed E-state index contributed by atoms with van der Waals surface area (Å²) >= 11 is 0. The maximum atomic E-state index is 6.05. The highest BCUT2D eigenvalue weighted by molar-refractivity contribution is 4.94. The van der Waals surface area contributed by atoms with E-state index in [0.717, 1.165) is 39.1 Å². The molecule has 0 amide bonds. The molecule has 0 radical (unpaired) electrons. The van der Waals surface area contributed by atoms with Crippen molar-refractivity contribution in [1.29, 1.82) is 0 Å². The Kier molecular flexibility index (Phi) is 6.41. The van der Waals surface area contributed by atoms with Crippen molar-refractivity contribution in [3.8, 4) is 0 Å². The first-order valence-corrected chi connectivity index (χ1v) is 6.86. The smallest absolute Gasteiger partial charge is 0.0891 e. The molecule has 1 rings (SSSR count). The number of nitrogens with two attached hydrogens (primary N) is 1. The molecule has 4 heteroatoms. The average molecular weight is 244 g/mol. The van der Waals surface area contributed by atoms with Crippen LogP contribution in [0.2, 0.25) is 0 Å². The molecule has 0 bridgehead atoms. The Balaban J connectivity index is 2.70. The van der Waals surface area contributed by atoms with Crippen LogP contribution < -0.4 is 11.3 Å². The van der Waals surface area contributed by atoms with Gasteiger partial charge < -0.3 is 9.47 Å². The van der Waals surface area contributed by atoms with Gasteiger partial charge in [-0.3, -0.25) is 11.3 Å². The second-order valence-electron chi connectivity index (χ2n) is 5.08. The van der Waals surface area contributed by atoms with Gasteiger partial charge in [0, 0.05) is 32.7 Å². The first-order valence-electron chi connectivity index (χ1n) is 6.86. The van der Waals surface area contributed by atoms with Gasteiger partial charge in [0.05, 0.1) is 11.6 Å². The van der Waals surface area contributed by atoms with Crippen LogP contribution in [-0.2, 0) is 9.47 Å². The molecule has 2 unspecified atom stereocenters. The molecule has 1 aliphatic rings. The fraction of sp³-hybridized carbons (Fsp3) is 1.00. The fourth-order valence-corrected chi connectivity index (χ4v) is 2.60. The highest BCUT2D eigenvalue weighted by atomic mass is 16.5. The molecule has 4 nitrogen and oxygen atoms in total. The van der Waals surface area contributed by atoms with Gasteiger partial charge in [0.25, 0.3) is 0 Å². The van der Waals surface area contributed by atoms with Crippen LogP contribution in [0.15, 0.2) is 0 Å². The van der Waals surface area contributed by atoms with E-state index in [-0.39, 0.29) is 11.6 Å². The second-order valence-corrected chi connectivity index (χ2v) is 5.08. The minimum Gasteiger partial charge on any atom is -0.381 e. The van der Waals surface area contributed by atoms with Crippen molar-refractivity contribution >= 4 is 0 Å². The summed E-state index contributed by atoms with van der Waals surface area (Å²) in [6, 6.07) is 0.223. The van der Waals surface area contributed by atoms with E-state index < -0.39 is 0 Å². The summed E-state index contributed by atoms with van der Waals surface area (Å²) in [6.45, 7) is 8.82. The first kappa shape index (κ1) is 14.9. The van der Waals surface area contributed by atoms with Crippen LogP contribution in [-0.4, -0.2) is 31.5 Å². The molecule has 0 aromatic carbocycles. The van der Waals surface area contributed by atoms with Gasteiger partial charge in [0.2, 0.25) is 0 Å². The standard InChI is InChI=1S/C13H28N2O2/c1-4-11(3)10-12(15-14)13(17-5-2)6-8-16-9-7-13/h11-12,15H,4-10,14H2,1-3H3. The van der Waals surface area contributed by atoms with Crippen molar-refractivity contribution in [3.05, 3.63) is 0 Å². The molecular formula is C13H28N2O2. The molecule has 1 fully saturated rings. The molecule has 102 valence electrons. The lowest BCUT2D eigenvalue weighted by Crippen LogP contribution is -2.58. The molecule has 0 aliphatic carbocycles. The van der Waals surface area contributed by atoms with E-state index in [1.54, 1.807) is 0 Å². The number of ether oxygens (including phenoxy) is 2. The van der Waals surface area contributed by atoms with Gasteiger partial charge >= 0.3 is 0 Å². The van der Waals surface area contributed by atoms with E-state index in [4.69, 9.17) is 15.3 Å². The van der Waals surface area contributed by atoms with E-state index in [9.17, 15) is 0 Å². The van der Waals surface area contributed by atoms with Crippen LogP contribution in [0, 0.1) is 5.92 Å². The molecule has 0 aromatic rings. The molecule has 17 heavy (non-hydrogen) atoms. The van der Waals surface area contributed by atoms with Crippen LogP contribution in [0.1, 0.15) is 46.5 Å².